The SMILES string of the molecule is CCCn1cccc1CNC1CCOC1C1CC1. The van der Waals surface area contributed by atoms with Crippen molar-refractivity contribution < 1.29 is 4.74 Å². The minimum absolute atomic E-state index is 0.486. The zero-order valence-electron chi connectivity index (χ0n) is 11.3. The van der Waals surface area contributed by atoms with Crippen molar-refractivity contribution in [3.05, 3.63) is 24.0 Å². The van der Waals surface area contributed by atoms with Gasteiger partial charge in [-0.3, -0.25) is 0 Å². The van der Waals surface area contributed by atoms with E-state index in [1.54, 1.807) is 0 Å². The Bertz CT molecular complexity index is 384. The molecule has 2 aliphatic rings. The van der Waals surface area contributed by atoms with Gasteiger partial charge in [0, 0.05) is 37.6 Å². The lowest BCUT2D eigenvalue weighted by Gasteiger charge is -2.20. The fourth-order valence-electron chi connectivity index (χ4n) is 3.02. The van der Waals surface area contributed by atoms with Gasteiger partial charge in [0.2, 0.25) is 0 Å². The number of ether oxygens (including phenoxy) is 1. The molecular weight excluding hydrogens is 224 g/mol. The van der Waals surface area contributed by atoms with Gasteiger partial charge in [0.05, 0.1) is 6.10 Å². The average molecular weight is 248 g/mol. The summed E-state index contributed by atoms with van der Waals surface area (Å²) in [7, 11) is 0. The van der Waals surface area contributed by atoms with Crippen LogP contribution >= 0.6 is 0 Å². The first-order chi connectivity index (χ1) is 8.88. The molecule has 2 unspecified atom stereocenters. The number of aryl methyl sites for hydroxylation is 1. The molecule has 1 N–H and O–H groups in total. The summed E-state index contributed by atoms with van der Waals surface area (Å²) in [6, 6.07) is 4.95. The normalized spacial score (nSPS) is 27.8. The summed E-state index contributed by atoms with van der Waals surface area (Å²) in [5, 5.41) is 3.71. The van der Waals surface area contributed by atoms with Crippen LogP contribution in [-0.2, 0) is 17.8 Å². The van der Waals surface area contributed by atoms with Gasteiger partial charge in [-0.15, -0.1) is 0 Å². The Kier molecular flexibility index (Phi) is 3.71. The van der Waals surface area contributed by atoms with Crippen LogP contribution in [0.25, 0.3) is 0 Å². The largest absolute Gasteiger partial charge is 0.376 e. The van der Waals surface area contributed by atoms with Crippen LogP contribution in [0.5, 0.6) is 0 Å². The highest BCUT2D eigenvalue weighted by Crippen LogP contribution is 2.38. The molecule has 100 valence electrons. The predicted molar refractivity (Wildman–Crippen MR) is 72.4 cm³/mol. The molecule has 0 bridgehead atoms. The zero-order valence-corrected chi connectivity index (χ0v) is 11.3. The van der Waals surface area contributed by atoms with Crippen LogP contribution in [0.4, 0.5) is 0 Å². The first-order valence-corrected chi connectivity index (χ1v) is 7.37. The maximum Gasteiger partial charge on any atom is 0.0757 e. The fraction of sp³-hybridized carbons (Fsp3) is 0.733. The summed E-state index contributed by atoms with van der Waals surface area (Å²) in [4.78, 5) is 0. The van der Waals surface area contributed by atoms with E-state index in [0.29, 0.717) is 12.1 Å². The third kappa shape index (κ3) is 2.62. The lowest BCUT2D eigenvalue weighted by atomic mass is 10.1. The molecule has 0 aromatic carbocycles. The van der Waals surface area contributed by atoms with Crippen LogP contribution in [-0.4, -0.2) is 23.3 Å². The Hall–Kier alpha value is -0.800. The Morgan fingerprint density at radius 3 is 3.06 bits per heavy atom. The third-order valence-corrected chi connectivity index (χ3v) is 4.16. The first-order valence-electron chi connectivity index (χ1n) is 7.37. The van der Waals surface area contributed by atoms with Gasteiger partial charge in [-0.1, -0.05) is 6.92 Å². The van der Waals surface area contributed by atoms with Crippen LogP contribution < -0.4 is 5.32 Å². The standard InChI is InChI=1S/C15H24N2O/c1-2-8-17-9-3-4-13(17)11-16-14-7-10-18-15(14)12-5-6-12/h3-4,9,12,14-16H,2,5-8,10-11H2,1H3. The molecule has 0 radical (unpaired) electrons. The monoisotopic (exact) mass is 248 g/mol. The molecular formula is C15H24N2O. The second kappa shape index (κ2) is 5.45. The molecule has 2 fully saturated rings. The Labute approximate surface area is 110 Å². The molecule has 1 aliphatic heterocycles. The molecule has 3 rings (SSSR count). The maximum atomic E-state index is 5.87. The minimum Gasteiger partial charge on any atom is -0.376 e. The quantitative estimate of drug-likeness (QED) is 0.837. The number of nitrogens with zero attached hydrogens (tertiary/aromatic N) is 1. The van der Waals surface area contributed by atoms with Crippen molar-refractivity contribution in [1.82, 2.24) is 9.88 Å². The number of hydrogen-bond acceptors (Lipinski definition) is 2. The van der Waals surface area contributed by atoms with E-state index >= 15 is 0 Å². The zero-order chi connectivity index (χ0) is 12.4. The van der Waals surface area contributed by atoms with Gasteiger partial charge >= 0.3 is 0 Å². The van der Waals surface area contributed by atoms with E-state index < -0.39 is 0 Å². The summed E-state index contributed by atoms with van der Waals surface area (Å²) < 4.78 is 8.22. The molecule has 0 amide bonds. The van der Waals surface area contributed by atoms with E-state index in [2.05, 4.69) is 35.1 Å². The van der Waals surface area contributed by atoms with Gasteiger partial charge in [0.15, 0.2) is 0 Å². The summed E-state index contributed by atoms with van der Waals surface area (Å²) in [5.41, 5.74) is 1.40. The van der Waals surface area contributed by atoms with Crippen LogP contribution in [0.2, 0.25) is 0 Å². The molecule has 2 heterocycles. The summed E-state index contributed by atoms with van der Waals surface area (Å²) in [6.45, 7) is 5.27. The minimum atomic E-state index is 0.486. The molecule has 1 aromatic rings. The summed E-state index contributed by atoms with van der Waals surface area (Å²) >= 11 is 0. The predicted octanol–water partition coefficient (Wildman–Crippen LogP) is 2.56. The van der Waals surface area contributed by atoms with E-state index in [0.717, 1.165) is 25.6 Å². The van der Waals surface area contributed by atoms with Crippen molar-refractivity contribution >= 4 is 0 Å². The summed E-state index contributed by atoms with van der Waals surface area (Å²) in [6.07, 6.45) is 7.78. The van der Waals surface area contributed by atoms with Crippen LogP contribution in [0.1, 0.15) is 38.3 Å². The average Bonchev–Trinajstić information content (AvgIpc) is 2.95. The fourth-order valence-corrected chi connectivity index (χ4v) is 3.02. The van der Waals surface area contributed by atoms with Crippen molar-refractivity contribution in [1.29, 1.82) is 0 Å². The van der Waals surface area contributed by atoms with Crippen molar-refractivity contribution in [2.45, 2.75) is 57.8 Å². The lowest BCUT2D eigenvalue weighted by Crippen LogP contribution is -2.37. The first kappa shape index (κ1) is 12.2. The number of nitrogens with one attached hydrogen (secondary N) is 1. The molecule has 1 saturated heterocycles. The number of rotatable bonds is 6. The molecule has 3 nitrogen and oxygen atoms in total. The molecule has 0 spiro atoms. The molecule has 1 aliphatic carbocycles. The molecule has 1 saturated carbocycles. The Morgan fingerprint density at radius 2 is 2.28 bits per heavy atom. The second-order valence-electron chi connectivity index (χ2n) is 5.64. The maximum absolute atomic E-state index is 5.87. The smallest absolute Gasteiger partial charge is 0.0757 e. The number of aromatic nitrogens is 1. The third-order valence-electron chi connectivity index (χ3n) is 4.16. The molecule has 18 heavy (non-hydrogen) atoms. The van der Waals surface area contributed by atoms with E-state index in [9.17, 15) is 0 Å². The Balaban J connectivity index is 1.55. The van der Waals surface area contributed by atoms with Crippen LogP contribution in [0.15, 0.2) is 18.3 Å². The van der Waals surface area contributed by atoms with Gasteiger partial charge in [-0.25, -0.2) is 0 Å². The van der Waals surface area contributed by atoms with Crippen molar-refractivity contribution in [2.75, 3.05) is 6.61 Å². The van der Waals surface area contributed by atoms with E-state index in [-0.39, 0.29) is 0 Å². The van der Waals surface area contributed by atoms with Crippen molar-refractivity contribution in [3.8, 4) is 0 Å². The van der Waals surface area contributed by atoms with Crippen LogP contribution in [0, 0.1) is 5.92 Å². The highest BCUT2D eigenvalue weighted by atomic mass is 16.5. The number of hydrogen-bond donors (Lipinski definition) is 1. The van der Waals surface area contributed by atoms with E-state index in [1.807, 2.05) is 0 Å². The Morgan fingerprint density at radius 1 is 1.39 bits per heavy atom. The lowest BCUT2D eigenvalue weighted by molar-refractivity contribution is 0.0807. The molecule has 1 aromatic heterocycles. The highest BCUT2D eigenvalue weighted by Gasteiger charge is 2.40. The van der Waals surface area contributed by atoms with Gasteiger partial charge in [0.1, 0.15) is 0 Å². The summed E-state index contributed by atoms with van der Waals surface area (Å²) in [5.74, 6) is 0.840. The van der Waals surface area contributed by atoms with Crippen LogP contribution in [0.3, 0.4) is 0 Å². The van der Waals surface area contributed by atoms with Gasteiger partial charge < -0.3 is 14.6 Å². The van der Waals surface area contributed by atoms with Gasteiger partial charge in [-0.05, 0) is 43.7 Å². The van der Waals surface area contributed by atoms with Gasteiger partial charge in [-0.2, -0.15) is 0 Å². The van der Waals surface area contributed by atoms with Crippen molar-refractivity contribution in [2.24, 2.45) is 5.92 Å². The highest BCUT2D eigenvalue weighted by molar-refractivity contribution is 5.07. The van der Waals surface area contributed by atoms with Crippen molar-refractivity contribution in [3.63, 3.8) is 0 Å². The van der Waals surface area contributed by atoms with Gasteiger partial charge in [0.25, 0.3) is 0 Å². The molecule has 2 atom stereocenters. The van der Waals surface area contributed by atoms with E-state index in [4.69, 9.17) is 4.74 Å². The van der Waals surface area contributed by atoms with E-state index in [1.165, 1.54) is 31.4 Å². The second-order valence-corrected chi connectivity index (χ2v) is 5.64. The molecule has 3 heteroatoms. The topological polar surface area (TPSA) is 26.2 Å².